The fourth-order valence-corrected chi connectivity index (χ4v) is 4.60. The minimum absolute atomic E-state index is 0.146. The summed E-state index contributed by atoms with van der Waals surface area (Å²) in [7, 11) is 2.70. The molecule has 0 radical (unpaired) electrons. The van der Waals surface area contributed by atoms with Crippen molar-refractivity contribution in [3.05, 3.63) is 86.1 Å². The quantitative estimate of drug-likeness (QED) is 0.163. The highest BCUT2D eigenvalue weighted by Gasteiger charge is 2.23. The Kier molecular flexibility index (Phi) is 7.40. The molecule has 3 aromatic carbocycles. The molecule has 2 aromatic heterocycles. The third-order valence-corrected chi connectivity index (χ3v) is 7.36. The number of ether oxygens (including phenoxy) is 3. The zero-order valence-electron chi connectivity index (χ0n) is 21.0. The van der Waals surface area contributed by atoms with Crippen LogP contribution in [0, 0.1) is 0 Å². The Morgan fingerprint density at radius 3 is 2.64 bits per heavy atom. The SMILES string of the molecule is COC(=O)[C@@H](C)Oc1c(OC)cc(C=Nn2c(-c3cc4ccccc4o3)nc3ccccc3c2=O)c(Br)c1Cl. The zero-order chi connectivity index (χ0) is 27.7. The Bertz CT molecular complexity index is 1780. The lowest BCUT2D eigenvalue weighted by Crippen LogP contribution is -2.25. The van der Waals surface area contributed by atoms with E-state index < -0.39 is 12.1 Å². The second kappa shape index (κ2) is 10.9. The van der Waals surface area contributed by atoms with Crippen molar-refractivity contribution in [2.45, 2.75) is 13.0 Å². The van der Waals surface area contributed by atoms with Crippen molar-refractivity contribution in [3.8, 4) is 23.1 Å². The van der Waals surface area contributed by atoms with Gasteiger partial charge in [0.25, 0.3) is 5.56 Å². The molecule has 2 heterocycles. The van der Waals surface area contributed by atoms with Gasteiger partial charge in [0.1, 0.15) is 10.6 Å². The van der Waals surface area contributed by atoms with Crippen molar-refractivity contribution >= 4 is 61.6 Å². The highest BCUT2D eigenvalue weighted by atomic mass is 79.9. The first kappa shape index (κ1) is 26.5. The Balaban J connectivity index is 1.64. The van der Waals surface area contributed by atoms with Gasteiger partial charge in [0.2, 0.25) is 5.82 Å². The topological polar surface area (TPSA) is 105 Å². The van der Waals surface area contributed by atoms with Crippen molar-refractivity contribution in [1.29, 1.82) is 0 Å². The number of carbonyl (C=O) groups excluding carboxylic acids is 1. The molecule has 39 heavy (non-hydrogen) atoms. The first-order valence-corrected chi connectivity index (χ1v) is 12.8. The lowest BCUT2D eigenvalue weighted by atomic mass is 10.2. The second-order valence-electron chi connectivity index (χ2n) is 8.37. The average Bonchev–Trinajstić information content (AvgIpc) is 3.39. The van der Waals surface area contributed by atoms with Crippen LogP contribution in [0.15, 0.2) is 79.4 Å². The van der Waals surface area contributed by atoms with Gasteiger partial charge in [-0.25, -0.2) is 9.78 Å². The first-order chi connectivity index (χ1) is 18.8. The molecule has 0 N–H and O–H groups in total. The summed E-state index contributed by atoms with van der Waals surface area (Å²) in [5, 5.41) is 5.88. The molecule has 5 aromatic rings. The van der Waals surface area contributed by atoms with Crippen LogP contribution in [0.1, 0.15) is 12.5 Å². The highest BCUT2D eigenvalue weighted by molar-refractivity contribution is 9.10. The second-order valence-corrected chi connectivity index (χ2v) is 9.54. The van der Waals surface area contributed by atoms with Crippen LogP contribution < -0.4 is 15.0 Å². The predicted molar refractivity (Wildman–Crippen MR) is 152 cm³/mol. The largest absolute Gasteiger partial charge is 0.493 e. The number of hydrogen-bond donors (Lipinski definition) is 0. The number of para-hydroxylation sites is 2. The number of rotatable bonds is 7. The van der Waals surface area contributed by atoms with Crippen LogP contribution in [0.3, 0.4) is 0 Å². The molecular weight excluding hydrogens is 590 g/mol. The number of esters is 1. The van der Waals surface area contributed by atoms with Crippen LogP contribution in [0.4, 0.5) is 0 Å². The van der Waals surface area contributed by atoms with E-state index in [0.717, 1.165) is 5.39 Å². The molecule has 0 bridgehead atoms. The minimum Gasteiger partial charge on any atom is -0.493 e. The Hall–Kier alpha value is -4.15. The van der Waals surface area contributed by atoms with Crippen LogP contribution in [-0.4, -0.2) is 42.2 Å². The maximum atomic E-state index is 13.5. The normalized spacial score (nSPS) is 12.2. The van der Waals surface area contributed by atoms with E-state index >= 15 is 0 Å². The summed E-state index contributed by atoms with van der Waals surface area (Å²) in [6.45, 7) is 1.53. The summed E-state index contributed by atoms with van der Waals surface area (Å²) in [6, 6.07) is 17.9. The molecule has 0 amide bonds. The third-order valence-electron chi connectivity index (χ3n) is 5.92. The summed E-state index contributed by atoms with van der Waals surface area (Å²) in [4.78, 5) is 30.1. The Morgan fingerprint density at radius 1 is 1.15 bits per heavy atom. The van der Waals surface area contributed by atoms with Gasteiger partial charge in [-0.05, 0) is 53.2 Å². The van der Waals surface area contributed by atoms with Gasteiger partial charge < -0.3 is 18.6 Å². The Labute approximate surface area is 235 Å². The van der Waals surface area contributed by atoms with Gasteiger partial charge in [-0.2, -0.15) is 9.78 Å². The van der Waals surface area contributed by atoms with Crippen LogP contribution in [0.25, 0.3) is 33.5 Å². The summed E-state index contributed by atoms with van der Waals surface area (Å²) in [6.07, 6.45) is 0.511. The first-order valence-electron chi connectivity index (χ1n) is 11.7. The summed E-state index contributed by atoms with van der Waals surface area (Å²) >= 11 is 10.0. The van der Waals surface area contributed by atoms with E-state index in [4.69, 9.17) is 30.2 Å². The van der Waals surface area contributed by atoms with E-state index in [2.05, 4.69) is 26.0 Å². The van der Waals surface area contributed by atoms with E-state index in [1.165, 1.54) is 32.0 Å². The van der Waals surface area contributed by atoms with Crippen molar-refractivity contribution in [3.63, 3.8) is 0 Å². The maximum absolute atomic E-state index is 13.5. The summed E-state index contributed by atoms with van der Waals surface area (Å²) in [5.74, 6) is 0.435. The van der Waals surface area contributed by atoms with Gasteiger partial charge >= 0.3 is 5.97 Å². The molecular formula is C28H21BrClN3O6. The molecule has 0 unspecified atom stereocenters. The number of fused-ring (bicyclic) bond motifs is 2. The molecule has 0 saturated heterocycles. The van der Waals surface area contributed by atoms with E-state index in [0.29, 0.717) is 32.3 Å². The van der Waals surface area contributed by atoms with Crippen molar-refractivity contribution in [2.24, 2.45) is 5.10 Å². The van der Waals surface area contributed by atoms with Gasteiger partial charge in [-0.3, -0.25) is 4.79 Å². The molecule has 1 atom stereocenters. The molecule has 0 saturated carbocycles. The number of halogens is 2. The van der Waals surface area contributed by atoms with Crippen molar-refractivity contribution in [1.82, 2.24) is 9.66 Å². The molecule has 0 fully saturated rings. The fourth-order valence-electron chi connectivity index (χ4n) is 3.95. The van der Waals surface area contributed by atoms with Gasteiger partial charge in [0.05, 0.1) is 31.3 Å². The Morgan fingerprint density at radius 2 is 1.90 bits per heavy atom. The van der Waals surface area contributed by atoms with Crippen LogP contribution in [0.2, 0.25) is 5.02 Å². The average molecular weight is 611 g/mol. The smallest absolute Gasteiger partial charge is 0.346 e. The summed E-state index contributed by atoms with van der Waals surface area (Å²) in [5.41, 5.74) is 1.26. The van der Waals surface area contributed by atoms with Crippen LogP contribution >= 0.6 is 27.5 Å². The van der Waals surface area contributed by atoms with E-state index in [1.807, 2.05) is 30.3 Å². The van der Waals surface area contributed by atoms with Crippen molar-refractivity contribution in [2.75, 3.05) is 14.2 Å². The monoisotopic (exact) mass is 609 g/mol. The lowest BCUT2D eigenvalue weighted by molar-refractivity contribution is -0.147. The number of benzene rings is 3. The van der Waals surface area contributed by atoms with E-state index in [-0.39, 0.29) is 27.9 Å². The zero-order valence-corrected chi connectivity index (χ0v) is 23.3. The third kappa shape index (κ3) is 5.00. The molecule has 198 valence electrons. The number of carbonyl (C=O) groups is 1. The maximum Gasteiger partial charge on any atom is 0.346 e. The van der Waals surface area contributed by atoms with Gasteiger partial charge in [0.15, 0.2) is 23.4 Å². The summed E-state index contributed by atoms with van der Waals surface area (Å²) < 4.78 is 23.5. The number of nitrogens with zero attached hydrogens (tertiary/aromatic N) is 3. The lowest BCUT2D eigenvalue weighted by Gasteiger charge is -2.18. The molecule has 9 nitrogen and oxygen atoms in total. The van der Waals surface area contributed by atoms with Gasteiger partial charge in [0, 0.05) is 15.4 Å². The molecule has 0 aliphatic heterocycles. The molecule has 5 rings (SSSR count). The number of methoxy groups -OCH3 is 2. The number of furan rings is 1. The number of aromatic nitrogens is 2. The van der Waals surface area contributed by atoms with E-state index in [9.17, 15) is 9.59 Å². The van der Waals surface area contributed by atoms with Gasteiger partial charge in [-0.1, -0.05) is 41.9 Å². The highest BCUT2D eigenvalue weighted by Crippen LogP contribution is 2.42. The van der Waals surface area contributed by atoms with Crippen LogP contribution in [0.5, 0.6) is 11.5 Å². The molecule has 0 spiro atoms. The fraction of sp³-hybridized carbons (Fsp3) is 0.143. The minimum atomic E-state index is -0.929. The predicted octanol–water partition coefficient (Wildman–Crippen LogP) is 6.06. The van der Waals surface area contributed by atoms with Gasteiger partial charge in [-0.15, -0.1) is 0 Å². The molecule has 0 aliphatic carbocycles. The molecule has 11 heteroatoms. The van der Waals surface area contributed by atoms with E-state index in [1.54, 1.807) is 30.3 Å². The van der Waals surface area contributed by atoms with Crippen LogP contribution in [-0.2, 0) is 9.53 Å². The number of hydrogen-bond acceptors (Lipinski definition) is 8. The van der Waals surface area contributed by atoms with Crippen molar-refractivity contribution < 1.29 is 23.4 Å². The molecule has 0 aliphatic rings. The standard InChI is InChI=1S/C28H21BrClN3O6/c1-15(28(35)37-3)38-25-21(36-2)13-17(23(29)24(25)30)14-31-33-26(22-12-16-8-4-7-11-20(16)39-22)32-19-10-6-5-9-18(19)27(33)34/h4-15H,1-3H3/t15-/m1/s1.